The Morgan fingerprint density at radius 2 is 1.83 bits per heavy atom. The van der Waals surface area contributed by atoms with E-state index in [2.05, 4.69) is 5.32 Å². The summed E-state index contributed by atoms with van der Waals surface area (Å²) in [6.45, 7) is 7.74. The lowest BCUT2D eigenvalue weighted by molar-refractivity contribution is -0.0440. The van der Waals surface area contributed by atoms with E-state index in [0.29, 0.717) is 5.00 Å². The minimum absolute atomic E-state index is 0.0325. The van der Waals surface area contributed by atoms with Crippen molar-refractivity contribution < 1.29 is 22.7 Å². The van der Waals surface area contributed by atoms with E-state index in [1.54, 1.807) is 6.92 Å². The summed E-state index contributed by atoms with van der Waals surface area (Å²) in [5, 5.41) is 3.05. The van der Waals surface area contributed by atoms with Gasteiger partial charge in [0.2, 0.25) is 10.0 Å². The first-order valence-electron chi connectivity index (χ1n) is 9.47. The lowest BCUT2D eigenvalue weighted by Gasteiger charge is -2.34. The summed E-state index contributed by atoms with van der Waals surface area (Å²) < 4.78 is 33.2. The number of anilines is 1. The van der Waals surface area contributed by atoms with Crippen molar-refractivity contribution in [1.29, 1.82) is 0 Å². The molecule has 2 aromatic rings. The van der Waals surface area contributed by atoms with Crippen molar-refractivity contribution in [3.8, 4) is 0 Å². The molecule has 0 radical (unpaired) electrons. The number of nitrogens with one attached hydrogen (secondary N) is 1. The summed E-state index contributed by atoms with van der Waals surface area (Å²) in [7, 11) is -3.78. The van der Waals surface area contributed by atoms with Crippen molar-refractivity contribution in [2.45, 2.75) is 44.8 Å². The van der Waals surface area contributed by atoms with Gasteiger partial charge in [-0.05, 0) is 51.5 Å². The van der Waals surface area contributed by atoms with Crippen LogP contribution in [0.4, 0.5) is 5.00 Å². The van der Waals surface area contributed by atoms with E-state index in [1.165, 1.54) is 39.9 Å². The standard InChI is InChI=1S/C20H25N3O5S2/c1-11-9-23(10-12(2)28-11)30(26,27)16-7-5-6-15(8-16)19(25)22-20-17(18(21)24)13(3)14(4)29-20/h5-8,11-12H,9-10H2,1-4H3,(H2,21,24)(H,22,25). The Hall–Kier alpha value is -2.27. The van der Waals surface area contributed by atoms with E-state index < -0.39 is 21.8 Å². The van der Waals surface area contributed by atoms with Crippen LogP contribution >= 0.6 is 11.3 Å². The molecule has 2 unspecified atom stereocenters. The fourth-order valence-electron chi connectivity index (χ4n) is 3.46. The lowest BCUT2D eigenvalue weighted by Crippen LogP contribution is -2.48. The molecule has 1 fully saturated rings. The van der Waals surface area contributed by atoms with Crippen LogP contribution in [0.1, 0.15) is 45.0 Å². The number of hydrogen-bond acceptors (Lipinski definition) is 6. The number of rotatable bonds is 5. The van der Waals surface area contributed by atoms with E-state index in [1.807, 2.05) is 20.8 Å². The normalized spacial score (nSPS) is 20.1. The van der Waals surface area contributed by atoms with Gasteiger partial charge in [0.25, 0.3) is 11.8 Å². The number of hydrogen-bond donors (Lipinski definition) is 2. The second-order valence-electron chi connectivity index (χ2n) is 7.41. The molecule has 2 atom stereocenters. The third-order valence-corrected chi connectivity index (χ3v) is 7.93. The summed E-state index contributed by atoms with van der Waals surface area (Å²) in [4.78, 5) is 25.5. The van der Waals surface area contributed by atoms with Gasteiger partial charge >= 0.3 is 0 Å². The van der Waals surface area contributed by atoms with E-state index in [9.17, 15) is 18.0 Å². The van der Waals surface area contributed by atoms with Crippen LogP contribution in [0.3, 0.4) is 0 Å². The van der Waals surface area contributed by atoms with Gasteiger partial charge in [0.15, 0.2) is 0 Å². The number of carbonyl (C=O) groups is 2. The smallest absolute Gasteiger partial charge is 0.256 e. The number of nitrogens with two attached hydrogens (primary N) is 1. The zero-order valence-electron chi connectivity index (χ0n) is 17.3. The molecule has 30 heavy (non-hydrogen) atoms. The molecular weight excluding hydrogens is 426 g/mol. The molecule has 8 nitrogen and oxygen atoms in total. The number of primary amides is 1. The highest BCUT2D eigenvalue weighted by molar-refractivity contribution is 7.89. The molecule has 1 saturated heterocycles. The molecule has 3 rings (SSSR count). The van der Waals surface area contributed by atoms with E-state index in [0.717, 1.165) is 10.4 Å². The Labute approximate surface area is 180 Å². The fraction of sp³-hybridized carbons (Fsp3) is 0.400. The van der Waals surface area contributed by atoms with Gasteiger partial charge in [-0.2, -0.15) is 4.31 Å². The van der Waals surface area contributed by atoms with Crippen molar-refractivity contribution in [2.24, 2.45) is 5.73 Å². The second kappa shape index (κ2) is 8.46. The van der Waals surface area contributed by atoms with Crippen molar-refractivity contribution in [1.82, 2.24) is 4.31 Å². The average molecular weight is 452 g/mol. The summed E-state index contributed by atoms with van der Waals surface area (Å²) in [6, 6.07) is 5.85. The quantitative estimate of drug-likeness (QED) is 0.724. The molecule has 1 aromatic heterocycles. The number of aryl methyl sites for hydroxylation is 1. The van der Waals surface area contributed by atoms with Crippen LogP contribution in [0.5, 0.6) is 0 Å². The molecule has 0 saturated carbocycles. The number of morpholine rings is 1. The molecule has 3 N–H and O–H groups in total. The van der Waals surface area contributed by atoms with Crippen molar-refractivity contribution in [3.63, 3.8) is 0 Å². The maximum absolute atomic E-state index is 13.1. The maximum Gasteiger partial charge on any atom is 0.256 e. The number of benzene rings is 1. The Balaban J connectivity index is 1.88. The number of thiophene rings is 1. The van der Waals surface area contributed by atoms with Gasteiger partial charge in [0, 0.05) is 23.5 Å². The Morgan fingerprint density at radius 3 is 2.43 bits per heavy atom. The van der Waals surface area contributed by atoms with Crippen molar-refractivity contribution in [2.75, 3.05) is 18.4 Å². The molecule has 2 amide bonds. The maximum atomic E-state index is 13.1. The summed E-state index contributed by atoms with van der Waals surface area (Å²) in [5.74, 6) is -1.14. The summed E-state index contributed by atoms with van der Waals surface area (Å²) >= 11 is 1.25. The number of ether oxygens (including phenoxy) is 1. The number of carbonyl (C=O) groups excluding carboxylic acids is 2. The minimum Gasteiger partial charge on any atom is -0.373 e. The highest BCUT2D eigenvalue weighted by atomic mass is 32.2. The molecule has 0 aliphatic carbocycles. The number of nitrogens with zero attached hydrogens (tertiary/aromatic N) is 1. The Kier molecular flexibility index (Phi) is 6.32. The van der Waals surface area contributed by atoms with Crippen LogP contribution in [0, 0.1) is 13.8 Å². The molecular formula is C20H25N3O5S2. The molecule has 10 heteroatoms. The SMILES string of the molecule is Cc1sc(NC(=O)c2cccc(S(=O)(=O)N3CC(C)OC(C)C3)c2)c(C(N)=O)c1C. The highest BCUT2D eigenvalue weighted by Crippen LogP contribution is 2.32. The fourth-order valence-corrected chi connectivity index (χ4v) is 6.16. The van der Waals surface area contributed by atoms with Crippen LogP contribution in [-0.4, -0.2) is 49.8 Å². The largest absolute Gasteiger partial charge is 0.373 e. The topological polar surface area (TPSA) is 119 Å². The lowest BCUT2D eigenvalue weighted by atomic mass is 10.1. The van der Waals surface area contributed by atoms with Crippen LogP contribution < -0.4 is 11.1 Å². The van der Waals surface area contributed by atoms with Gasteiger partial charge in [-0.1, -0.05) is 6.07 Å². The zero-order chi connectivity index (χ0) is 22.2. The predicted molar refractivity (Wildman–Crippen MR) is 115 cm³/mol. The van der Waals surface area contributed by atoms with Crippen LogP contribution in [-0.2, 0) is 14.8 Å². The zero-order valence-corrected chi connectivity index (χ0v) is 18.9. The van der Waals surface area contributed by atoms with Crippen LogP contribution in [0.25, 0.3) is 0 Å². The number of amides is 2. The Bertz CT molecular complexity index is 1080. The first-order valence-corrected chi connectivity index (χ1v) is 11.7. The van der Waals surface area contributed by atoms with Gasteiger partial charge in [0.05, 0.1) is 22.7 Å². The van der Waals surface area contributed by atoms with E-state index in [-0.39, 0.29) is 41.3 Å². The molecule has 1 aliphatic heterocycles. The van der Waals surface area contributed by atoms with E-state index in [4.69, 9.17) is 10.5 Å². The molecule has 1 aromatic carbocycles. The minimum atomic E-state index is -3.78. The molecule has 1 aliphatic rings. The van der Waals surface area contributed by atoms with Crippen LogP contribution in [0.15, 0.2) is 29.2 Å². The van der Waals surface area contributed by atoms with Crippen molar-refractivity contribution >= 4 is 38.2 Å². The molecule has 0 bridgehead atoms. The third kappa shape index (κ3) is 4.41. The highest BCUT2D eigenvalue weighted by Gasteiger charge is 2.32. The predicted octanol–water partition coefficient (Wildman–Crippen LogP) is 2.51. The first kappa shape index (κ1) is 22.4. The van der Waals surface area contributed by atoms with Gasteiger partial charge in [-0.3, -0.25) is 9.59 Å². The third-order valence-electron chi connectivity index (χ3n) is 4.98. The summed E-state index contributed by atoms with van der Waals surface area (Å²) in [5.41, 5.74) is 6.61. The molecule has 2 heterocycles. The van der Waals surface area contributed by atoms with E-state index >= 15 is 0 Å². The van der Waals surface area contributed by atoms with Gasteiger partial charge < -0.3 is 15.8 Å². The van der Waals surface area contributed by atoms with Gasteiger partial charge in [-0.15, -0.1) is 11.3 Å². The number of sulfonamides is 1. The van der Waals surface area contributed by atoms with Gasteiger partial charge in [0.1, 0.15) is 5.00 Å². The molecule has 162 valence electrons. The van der Waals surface area contributed by atoms with Crippen molar-refractivity contribution in [3.05, 3.63) is 45.8 Å². The summed E-state index contributed by atoms with van der Waals surface area (Å²) in [6.07, 6.45) is -0.430. The monoisotopic (exact) mass is 451 g/mol. The van der Waals surface area contributed by atoms with Gasteiger partial charge in [-0.25, -0.2) is 8.42 Å². The first-order chi connectivity index (χ1) is 14.0. The van der Waals surface area contributed by atoms with Crippen LogP contribution in [0.2, 0.25) is 0 Å². The average Bonchev–Trinajstić information content (AvgIpc) is 2.94. The molecule has 0 spiro atoms. The second-order valence-corrected chi connectivity index (χ2v) is 10.6. The Morgan fingerprint density at radius 1 is 1.20 bits per heavy atom.